The molecule has 1 aliphatic carbocycles. The molecule has 0 bridgehead atoms. The second-order valence-corrected chi connectivity index (χ2v) is 6.31. The van der Waals surface area contributed by atoms with E-state index >= 15 is 0 Å². The molecular formula is C13H27N3O. The maximum atomic E-state index is 6.33. The Morgan fingerprint density at radius 2 is 1.82 bits per heavy atom. The summed E-state index contributed by atoms with van der Waals surface area (Å²) >= 11 is 0. The first kappa shape index (κ1) is 13.3. The lowest BCUT2D eigenvalue weighted by molar-refractivity contribution is 0.0216. The molecule has 100 valence electrons. The second kappa shape index (κ2) is 4.84. The highest BCUT2D eigenvalue weighted by molar-refractivity contribution is 4.99. The molecule has 1 saturated heterocycles. The number of hydrogen-bond acceptors (Lipinski definition) is 4. The topological polar surface area (TPSA) is 41.7 Å². The van der Waals surface area contributed by atoms with E-state index in [9.17, 15) is 0 Å². The van der Waals surface area contributed by atoms with Crippen molar-refractivity contribution in [1.82, 2.24) is 9.80 Å². The molecule has 2 N–H and O–H groups in total. The molecule has 4 nitrogen and oxygen atoms in total. The largest absolute Gasteiger partial charge is 0.379 e. The van der Waals surface area contributed by atoms with Gasteiger partial charge in [-0.25, -0.2) is 0 Å². The van der Waals surface area contributed by atoms with Gasteiger partial charge in [-0.2, -0.15) is 0 Å². The molecule has 1 unspecified atom stereocenters. The van der Waals surface area contributed by atoms with Gasteiger partial charge in [-0.3, -0.25) is 0 Å². The predicted octanol–water partition coefficient (Wildman–Crippen LogP) is 0.520. The Hall–Kier alpha value is -0.160. The molecule has 0 aromatic rings. The van der Waals surface area contributed by atoms with E-state index in [-0.39, 0.29) is 5.54 Å². The van der Waals surface area contributed by atoms with Gasteiger partial charge in [0.1, 0.15) is 0 Å². The summed E-state index contributed by atoms with van der Waals surface area (Å²) in [6, 6.07) is 0. The van der Waals surface area contributed by atoms with Gasteiger partial charge in [0, 0.05) is 25.2 Å². The summed E-state index contributed by atoms with van der Waals surface area (Å²) < 4.78 is 5.42. The minimum absolute atomic E-state index is 0.119. The number of likely N-dealkylation sites (N-methyl/N-ethyl adjacent to an activating group) is 2. The number of nitrogens with zero attached hydrogens (tertiary/aromatic N) is 2. The first-order valence-corrected chi connectivity index (χ1v) is 6.69. The van der Waals surface area contributed by atoms with Crippen LogP contribution in [0.2, 0.25) is 0 Å². The highest BCUT2D eigenvalue weighted by Gasteiger charge is 2.41. The highest BCUT2D eigenvalue weighted by atomic mass is 16.5. The zero-order chi connectivity index (χ0) is 12.5. The average molecular weight is 241 g/mol. The molecule has 0 aromatic heterocycles. The molecule has 2 aliphatic rings. The molecule has 1 atom stereocenters. The Morgan fingerprint density at radius 1 is 1.12 bits per heavy atom. The Bertz CT molecular complexity index is 257. The van der Waals surface area contributed by atoms with Crippen molar-refractivity contribution >= 4 is 0 Å². The van der Waals surface area contributed by atoms with E-state index in [4.69, 9.17) is 10.5 Å². The smallest absolute Gasteiger partial charge is 0.0659 e. The first-order valence-electron chi connectivity index (χ1n) is 6.69. The standard InChI is InChI=1S/C13H27N3O/c1-15(2)13(5-4-6-13)10-16(3)9-12(14)7-8-17-11-12/h4-11,14H2,1-3H3. The van der Waals surface area contributed by atoms with Crippen LogP contribution < -0.4 is 5.73 Å². The molecule has 1 heterocycles. The zero-order valence-corrected chi connectivity index (χ0v) is 11.5. The number of nitrogens with two attached hydrogens (primary N) is 1. The van der Waals surface area contributed by atoms with Crippen molar-refractivity contribution in [3.8, 4) is 0 Å². The summed E-state index contributed by atoms with van der Waals surface area (Å²) in [4.78, 5) is 4.79. The van der Waals surface area contributed by atoms with Crippen LogP contribution in [0.3, 0.4) is 0 Å². The predicted molar refractivity (Wildman–Crippen MR) is 70.1 cm³/mol. The van der Waals surface area contributed by atoms with Crippen molar-refractivity contribution < 1.29 is 4.74 Å². The molecule has 0 amide bonds. The highest BCUT2D eigenvalue weighted by Crippen LogP contribution is 2.36. The van der Waals surface area contributed by atoms with E-state index in [0.717, 1.165) is 26.1 Å². The van der Waals surface area contributed by atoms with Crippen molar-refractivity contribution in [3.63, 3.8) is 0 Å². The van der Waals surface area contributed by atoms with Gasteiger partial charge in [0.2, 0.25) is 0 Å². The summed E-state index contributed by atoms with van der Waals surface area (Å²) in [5, 5.41) is 0. The summed E-state index contributed by atoms with van der Waals surface area (Å²) in [6.07, 6.45) is 4.99. The van der Waals surface area contributed by atoms with E-state index < -0.39 is 0 Å². The van der Waals surface area contributed by atoms with Gasteiger partial charge in [0.25, 0.3) is 0 Å². The molecule has 1 aliphatic heterocycles. The molecule has 4 heteroatoms. The van der Waals surface area contributed by atoms with Crippen LogP contribution in [0.4, 0.5) is 0 Å². The van der Waals surface area contributed by atoms with Gasteiger partial charge in [0.05, 0.1) is 12.1 Å². The van der Waals surface area contributed by atoms with Crippen LogP contribution in [0.1, 0.15) is 25.7 Å². The van der Waals surface area contributed by atoms with Gasteiger partial charge in [0.15, 0.2) is 0 Å². The molecule has 2 rings (SSSR count). The fraction of sp³-hybridized carbons (Fsp3) is 1.00. The van der Waals surface area contributed by atoms with Crippen LogP contribution in [0.15, 0.2) is 0 Å². The van der Waals surface area contributed by atoms with Crippen molar-refractivity contribution in [2.45, 2.75) is 36.8 Å². The van der Waals surface area contributed by atoms with Crippen LogP contribution in [0.5, 0.6) is 0 Å². The number of hydrogen-bond donors (Lipinski definition) is 1. The monoisotopic (exact) mass is 241 g/mol. The normalized spacial score (nSPS) is 32.1. The quantitative estimate of drug-likeness (QED) is 0.762. The summed E-state index contributed by atoms with van der Waals surface area (Å²) in [5.74, 6) is 0. The van der Waals surface area contributed by atoms with Crippen molar-refractivity contribution in [2.75, 3.05) is 47.4 Å². The van der Waals surface area contributed by atoms with E-state index in [1.54, 1.807) is 0 Å². The van der Waals surface area contributed by atoms with E-state index in [0.29, 0.717) is 12.1 Å². The second-order valence-electron chi connectivity index (χ2n) is 6.31. The summed E-state index contributed by atoms with van der Waals surface area (Å²) in [5.41, 5.74) is 6.61. The van der Waals surface area contributed by atoms with Crippen LogP contribution >= 0.6 is 0 Å². The molecule has 2 fully saturated rings. The van der Waals surface area contributed by atoms with Gasteiger partial charge >= 0.3 is 0 Å². The maximum absolute atomic E-state index is 6.33. The minimum Gasteiger partial charge on any atom is -0.379 e. The Kier molecular flexibility index (Phi) is 3.78. The Morgan fingerprint density at radius 3 is 2.24 bits per heavy atom. The van der Waals surface area contributed by atoms with E-state index in [1.807, 2.05) is 0 Å². The fourth-order valence-electron chi connectivity index (χ4n) is 3.18. The van der Waals surface area contributed by atoms with Gasteiger partial charge < -0.3 is 20.3 Å². The third-order valence-electron chi connectivity index (χ3n) is 4.52. The van der Waals surface area contributed by atoms with Gasteiger partial charge in [-0.1, -0.05) is 0 Å². The lowest BCUT2D eigenvalue weighted by Crippen LogP contribution is -2.59. The van der Waals surface area contributed by atoms with Gasteiger partial charge in [-0.15, -0.1) is 0 Å². The first-order chi connectivity index (χ1) is 7.96. The van der Waals surface area contributed by atoms with E-state index in [2.05, 4.69) is 30.9 Å². The third-order valence-corrected chi connectivity index (χ3v) is 4.52. The molecule has 0 radical (unpaired) electrons. The third kappa shape index (κ3) is 2.81. The van der Waals surface area contributed by atoms with Crippen LogP contribution in [-0.2, 0) is 4.74 Å². The molecule has 0 spiro atoms. The molecule has 1 saturated carbocycles. The van der Waals surface area contributed by atoms with Crippen molar-refractivity contribution in [2.24, 2.45) is 5.73 Å². The SMILES string of the molecule is CN(CC1(N)CCOC1)CC1(N(C)C)CCC1. The Labute approximate surface area is 105 Å². The van der Waals surface area contributed by atoms with Crippen LogP contribution in [0.25, 0.3) is 0 Å². The molecule has 17 heavy (non-hydrogen) atoms. The van der Waals surface area contributed by atoms with Crippen molar-refractivity contribution in [3.05, 3.63) is 0 Å². The zero-order valence-electron chi connectivity index (χ0n) is 11.5. The van der Waals surface area contributed by atoms with Crippen LogP contribution in [0, 0.1) is 0 Å². The lowest BCUT2D eigenvalue weighted by atomic mass is 9.75. The summed E-state index contributed by atoms with van der Waals surface area (Å²) in [7, 11) is 6.59. The number of ether oxygens (including phenoxy) is 1. The lowest BCUT2D eigenvalue weighted by Gasteiger charge is -2.50. The average Bonchev–Trinajstić information content (AvgIpc) is 2.57. The minimum atomic E-state index is -0.119. The summed E-state index contributed by atoms with van der Waals surface area (Å²) in [6.45, 7) is 3.61. The Balaban J connectivity index is 1.86. The number of rotatable bonds is 5. The van der Waals surface area contributed by atoms with E-state index in [1.165, 1.54) is 19.3 Å². The fourth-order valence-corrected chi connectivity index (χ4v) is 3.18. The molecule has 0 aromatic carbocycles. The van der Waals surface area contributed by atoms with Gasteiger partial charge in [-0.05, 0) is 46.8 Å². The molecular weight excluding hydrogens is 214 g/mol. The maximum Gasteiger partial charge on any atom is 0.0659 e. The van der Waals surface area contributed by atoms with Crippen molar-refractivity contribution in [1.29, 1.82) is 0 Å². The van der Waals surface area contributed by atoms with Crippen LogP contribution in [-0.4, -0.2) is 68.3 Å².